The van der Waals surface area contributed by atoms with Gasteiger partial charge in [-0.2, -0.15) is 0 Å². The van der Waals surface area contributed by atoms with E-state index in [0.717, 1.165) is 5.52 Å². The Morgan fingerprint density at radius 3 is 3.00 bits per heavy atom. The van der Waals surface area contributed by atoms with Gasteiger partial charge in [0.25, 0.3) is 0 Å². The van der Waals surface area contributed by atoms with Gasteiger partial charge in [-0.25, -0.2) is 4.98 Å². The van der Waals surface area contributed by atoms with Crippen LogP contribution in [0.2, 0.25) is 0 Å². The second-order valence-corrected chi connectivity index (χ2v) is 4.82. The van der Waals surface area contributed by atoms with E-state index in [0.29, 0.717) is 5.95 Å². The highest BCUT2D eigenvalue weighted by Gasteiger charge is 2.27. The highest BCUT2D eigenvalue weighted by Crippen LogP contribution is 2.20. The number of imidazole rings is 1. The zero-order valence-corrected chi connectivity index (χ0v) is 10.5. The number of rotatable bonds is 3. The first-order valence-electron chi connectivity index (χ1n) is 5.34. The van der Waals surface area contributed by atoms with E-state index in [2.05, 4.69) is 10.3 Å². The summed E-state index contributed by atoms with van der Waals surface area (Å²) in [7, 11) is 0. The number of amides is 1. The Morgan fingerprint density at radius 1 is 1.53 bits per heavy atom. The molecular weight excluding hydrogens is 238 g/mol. The number of carbonyl (C=O) groups excluding carboxylic acids is 1. The van der Waals surface area contributed by atoms with Crippen LogP contribution in [0.25, 0.3) is 5.52 Å². The average Bonchev–Trinajstić information content (AvgIpc) is 2.73. The van der Waals surface area contributed by atoms with Gasteiger partial charge >= 0.3 is 0 Å². The van der Waals surface area contributed by atoms with Crippen molar-refractivity contribution in [2.24, 2.45) is 5.41 Å². The molecule has 0 unspecified atom stereocenters. The molecule has 4 nitrogen and oxygen atoms in total. The molecular formula is C12H14ClN3O. The Kier molecular flexibility index (Phi) is 3.07. The van der Waals surface area contributed by atoms with E-state index in [9.17, 15) is 4.79 Å². The smallest absolute Gasteiger partial charge is 0.233 e. The van der Waals surface area contributed by atoms with Crippen molar-refractivity contribution in [2.45, 2.75) is 13.8 Å². The van der Waals surface area contributed by atoms with Crippen molar-refractivity contribution in [3.8, 4) is 0 Å². The predicted octanol–water partition coefficient (Wildman–Crippen LogP) is 2.54. The molecule has 0 aliphatic rings. The van der Waals surface area contributed by atoms with Crippen LogP contribution >= 0.6 is 11.6 Å². The van der Waals surface area contributed by atoms with Crippen molar-refractivity contribution in [2.75, 3.05) is 11.2 Å². The molecule has 2 rings (SSSR count). The van der Waals surface area contributed by atoms with Crippen molar-refractivity contribution in [3.05, 3.63) is 30.6 Å². The molecule has 0 spiro atoms. The van der Waals surface area contributed by atoms with Crippen LogP contribution in [0, 0.1) is 5.41 Å². The highest BCUT2D eigenvalue weighted by molar-refractivity contribution is 6.20. The number of pyridine rings is 1. The fourth-order valence-electron chi connectivity index (χ4n) is 1.37. The standard InChI is InChI=1S/C12H14ClN3O/c1-12(2,8-13)10(17)15-11-14-7-9-5-3-4-6-16(9)11/h3-7H,8H2,1-2H3,(H,14,15,17). The molecule has 0 aromatic carbocycles. The lowest BCUT2D eigenvalue weighted by Gasteiger charge is -2.19. The molecule has 1 N–H and O–H groups in total. The molecule has 0 aliphatic heterocycles. The summed E-state index contributed by atoms with van der Waals surface area (Å²) in [5.74, 6) is 0.648. The number of hydrogen-bond acceptors (Lipinski definition) is 2. The maximum absolute atomic E-state index is 12.0. The molecule has 0 atom stereocenters. The molecule has 0 bridgehead atoms. The molecule has 2 aromatic rings. The van der Waals surface area contributed by atoms with Gasteiger partial charge in [0, 0.05) is 12.1 Å². The van der Waals surface area contributed by atoms with Gasteiger partial charge < -0.3 is 0 Å². The van der Waals surface area contributed by atoms with E-state index in [4.69, 9.17) is 11.6 Å². The van der Waals surface area contributed by atoms with Gasteiger partial charge in [-0.3, -0.25) is 14.5 Å². The van der Waals surface area contributed by atoms with E-state index >= 15 is 0 Å². The summed E-state index contributed by atoms with van der Waals surface area (Å²) in [5, 5.41) is 2.78. The number of alkyl halides is 1. The Labute approximate surface area is 105 Å². The Balaban J connectivity index is 2.28. The van der Waals surface area contributed by atoms with Crippen LogP contribution in [-0.2, 0) is 4.79 Å². The van der Waals surface area contributed by atoms with Gasteiger partial charge in [-0.1, -0.05) is 6.07 Å². The molecule has 0 saturated heterocycles. The van der Waals surface area contributed by atoms with Crippen LogP contribution in [0.4, 0.5) is 5.95 Å². The minimum atomic E-state index is -0.609. The second kappa shape index (κ2) is 4.37. The number of hydrogen-bond donors (Lipinski definition) is 1. The number of nitrogens with zero attached hydrogens (tertiary/aromatic N) is 2. The topological polar surface area (TPSA) is 46.4 Å². The Hall–Kier alpha value is -1.55. The van der Waals surface area contributed by atoms with E-state index in [1.165, 1.54) is 0 Å². The zero-order chi connectivity index (χ0) is 12.5. The van der Waals surface area contributed by atoms with Gasteiger partial charge in [0.05, 0.1) is 17.1 Å². The van der Waals surface area contributed by atoms with Crippen LogP contribution in [-0.4, -0.2) is 21.2 Å². The summed E-state index contributed by atoms with van der Waals surface area (Å²) in [6.45, 7) is 3.59. The van der Waals surface area contributed by atoms with Crippen molar-refractivity contribution >= 4 is 29.0 Å². The van der Waals surface area contributed by atoms with Gasteiger partial charge in [0.15, 0.2) is 0 Å². The van der Waals surface area contributed by atoms with Crippen LogP contribution in [0.3, 0.4) is 0 Å². The molecule has 2 aromatic heterocycles. The summed E-state index contributed by atoms with van der Waals surface area (Å²) in [6.07, 6.45) is 3.56. The number of anilines is 1. The molecule has 0 fully saturated rings. The third-order valence-electron chi connectivity index (χ3n) is 2.61. The molecule has 2 heterocycles. The average molecular weight is 252 g/mol. The molecule has 5 heteroatoms. The Morgan fingerprint density at radius 2 is 2.29 bits per heavy atom. The lowest BCUT2D eigenvalue weighted by Crippen LogP contribution is -2.32. The van der Waals surface area contributed by atoms with Gasteiger partial charge in [-0.05, 0) is 26.0 Å². The van der Waals surface area contributed by atoms with Crippen molar-refractivity contribution in [3.63, 3.8) is 0 Å². The van der Waals surface area contributed by atoms with Crippen molar-refractivity contribution < 1.29 is 4.79 Å². The normalized spacial score (nSPS) is 11.7. The van der Waals surface area contributed by atoms with Crippen LogP contribution < -0.4 is 5.32 Å². The van der Waals surface area contributed by atoms with Crippen LogP contribution in [0.15, 0.2) is 30.6 Å². The first kappa shape index (κ1) is 11.9. The fraction of sp³-hybridized carbons (Fsp3) is 0.333. The number of nitrogens with one attached hydrogen (secondary N) is 1. The third kappa shape index (κ3) is 2.26. The van der Waals surface area contributed by atoms with E-state index in [1.807, 2.05) is 28.8 Å². The van der Waals surface area contributed by atoms with Gasteiger partial charge in [0.1, 0.15) is 0 Å². The number of aromatic nitrogens is 2. The molecule has 1 amide bonds. The summed E-state index contributed by atoms with van der Waals surface area (Å²) < 4.78 is 1.82. The lowest BCUT2D eigenvalue weighted by molar-refractivity contribution is -0.123. The summed E-state index contributed by atoms with van der Waals surface area (Å²) in [5.41, 5.74) is 0.328. The summed E-state index contributed by atoms with van der Waals surface area (Å²) >= 11 is 5.76. The maximum atomic E-state index is 12.0. The Bertz CT molecular complexity index is 547. The number of halogens is 1. The molecule has 0 saturated carbocycles. The van der Waals surface area contributed by atoms with Gasteiger partial charge in [-0.15, -0.1) is 11.6 Å². The van der Waals surface area contributed by atoms with Gasteiger partial charge in [0.2, 0.25) is 11.9 Å². The minimum absolute atomic E-state index is 0.135. The SMILES string of the molecule is CC(C)(CCl)C(=O)Nc1ncc2ccccn12. The van der Waals surface area contributed by atoms with Crippen molar-refractivity contribution in [1.29, 1.82) is 0 Å². The van der Waals surface area contributed by atoms with Crippen molar-refractivity contribution in [1.82, 2.24) is 9.38 Å². The minimum Gasteiger partial charge on any atom is -0.295 e. The molecule has 17 heavy (non-hydrogen) atoms. The predicted molar refractivity (Wildman–Crippen MR) is 68.3 cm³/mol. The quantitative estimate of drug-likeness (QED) is 0.853. The highest BCUT2D eigenvalue weighted by atomic mass is 35.5. The van der Waals surface area contributed by atoms with Crippen LogP contribution in [0.5, 0.6) is 0 Å². The summed E-state index contributed by atoms with van der Waals surface area (Å²) in [4.78, 5) is 16.1. The largest absolute Gasteiger partial charge is 0.295 e. The molecule has 0 aliphatic carbocycles. The van der Waals surface area contributed by atoms with Crippen LogP contribution in [0.1, 0.15) is 13.8 Å². The third-order valence-corrected chi connectivity index (χ3v) is 3.28. The first-order chi connectivity index (χ1) is 8.04. The lowest BCUT2D eigenvalue weighted by atomic mass is 9.95. The van der Waals surface area contributed by atoms with E-state index in [-0.39, 0.29) is 11.8 Å². The van der Waals surface area contributed by atoms with E-state index in [1.54, 1.807) is 20.0 Å². The number of carbonyl (C=O) groups is 1. The molecule has 90 valence electrons. The number of fused-ring (bicyclic) bond motifs is 1. The fourth-order valence-corrected chi connectivity index (χ4v) is 1.49. The summed E-state index contributed by atoms with van der Waals surface area (Å²) in [6, 6.07) is 5.73. The van der Waals surface area contributed by atoms with E-state index < -0.39 is 5.41 Å². The first-order valence-corrected chi connectivity index (χ1v) is 5.87. The zero-order valence-electron chi connectivity index (χ0n) is 9.77. The maximum Gasteiger partial charge on any atom is 0.233 e. The molecule has 0 radical (unpaired) electrons. The second-order valence-electron chi connectivity index (χ2n) is 4.55. The monoisotopic (exact) mass is 251 g/mol.